The normalized spacial score (nSPS) is 12.4. The summed E-state index contributed by atoms with van der Waals surface area (Å²) in [7, 11) is 0. The molecule has 0 aliphatic carbocycles. The zero-order chi connectivity index (χ0) is 14.5. The molecule has 0 spiro atoms. The molecule has 1 unspecified atom stereocenters. The largest absolute Gasteiger partial charge is 0.309 e. The molecule has 1 aromatic heterocycles. The number of nitrogens with one attached hydrogen (secondary N) is 1. The second kappa shape index (κ2) is 7.41. The minimum Gasteiger partial charge on any atom is -0.309 e. The standard InChI is InChI=1S/C15H15BrCl2N2/c1-2-19-15(14-6-3-11(16)9-20-14)8-10-7-12(17)4-5-13(10)18/h3-7,9,15,19H,2,8H2,1H3. The molecule has 2 aromatic rings. The molecule has 1 atom stereocenters. The molecule has 2 nitrogen and oxygen atoms in total. The van der Waals surface area contributed by atoms with Gasteiger partial charge >= 0.3 is 0 Å². The van der Waals surface area contributed by atoms with Gasteiger partial charge in [-0.25, -0.2) is 0 Å². The van der Waals surface area contributed by atoms with Crippen LogP contribution in [0.15, 0.2) is 41.0 Å². The highest BCUT2D eigenvalue weighted by atomic mass is 79.9. The molecule has 1 heterocycles. The number of rotatable bonds is 5. The summed E-state index contributed by atoms with van der Waals surface area (Å²) in [5, 5.41) is 4.86. The van der Waals surface area contributed by atoms with E-state index in [1.54, 1.807) is 12.3 Å². The maximum Gasteiger partial charge on any atom is 0.0577 e. The van der Waals surface area contributed by atoms with Crippen LogP contribution in [0, 0.1) is 0 Å². The van der Waals surface area contributed by atoms with E-state index in [0.29, 0.717) is 5.02 Å². The molecule has 0 saturated heterocycles. The first kappa shape index (κ1) is 15.8. The SMILES string of the molecule is CCNC(Cc1cc(Cl)ccc1Cl)c1ccc(Br)cn1. The topological polar surface area (TPSA) is 24.9 Å². The van der Waals surface area contributed by atoms with Crippen molar-refractivity contribution in [3.8, 4) is 0 Å². The van der Waals surface area contributed by atoms with Gasteiger partial charge in [-0.1, -0.05) is 30.1 Å². The summed E-state index contributed by atoms with van der Waals surface area (Å²) in [5.74, 6) is 0. The molecule has 2 rings (SSSR count). The lowest BCUT2D eigenvalue weighted by Crippen LogP contribution is -2.24. The van der Waals surface area contributed by atoms with Gasteiger partial charge in [-0.05, 0) is 64.8 Å². The minimum absolute atomic E-state index is 0.115. The van der Waals surface area contributed by atoms with E-state index >= 15 is 0 Å². The lowest BCUT2D eigenvalue weighted by Gasteiger charge is -2.18. The number of hydrogen-bond acceptors (Lipinski definition) is 2. The summed E-state index contributed by atoms with van der Waals surface area (Å²) in [4.78, 5) is 4.46. The number of hydrogen-bond donors (Lipinski definition) is 1. The van der Waals surface area contributed by atoms with E-state index in [2.05, 4.69) is 33.2 Å². The Kier molecular flexibility index (Phi) is 5.85. The predicted molar refractivity (Wildman–Crippen MR) is 88.5 cm³/mol. The van der Waals surface area contributed by atoms with Crippen LogP contribution in [0.25, 0.3) is 0 Å². The first-order valence-electron chi connectivity index (χ1n) is 6.39. The molecule has 0 bridgehead atoms. The fraction of sp³-hybridized carbons (Fsp3) is 0.267. The highest BCUT2D eigenvalue weighted by Crippen LogP contribution is 2.26. The van der Waals surface area contributed by atoms with E-state index < -0.39 is 0 Å². The van der Waals surface area contributed by atoms with E-state index in [4.69, 9.17) is 23.2 Å². The number of aromatic nitrogens is 1. The minimum atomic E-state index is 0.115. The zero-order valence-electron chi connectivity index (χ0n) is 11.0. The summed E-state index contributed by atoms with van der Waals surface area (Å²) in [6.45, 7) is 2.94. The molecule has 106 valence electrons. The monoisotopic (exact) mass is 372 g/mol. The van der Waals surface area contributed by atoms with Gasteiger partial charge in [0.2, 0.25) is 0 Å². The molecule has 0 aliphatic heterocycles. The highest BCUT2D eigenvalue weighted by Gasteiger charge is 2.14. The summed E-state index contributed by atoms with van der Waals surface area (Å²) in [5.41, 5.74) is 2.01. The molecule has 5 heteroatoms. The van der Waals surface area contributed by atoms with Crippen LogP contribution in [0.2, 0.25) is 10.0 Å². The van der Waals surface area contributed by atoms with Crippen molar-refractivity contribution in [1.82, 2.24) is 10.3 Å². The number of halogens is 3. The van der Waals surface area contributed by atoms with Crippen molar-refractivity contribution in [1.29, 1.82) is 0 Å². The summed E-state index contributed by atoms with van der Waals surface area (Å²) in [6.07, 6.45) is 2.56. The smallest absolute Gasteiger partial charge is 0.0577 e. The molecule has 0 fully saturated rings. The van der Waals surface area contributed by atoms with Crippen LogP contribution in [-0.4, -0.2) is 11.5 Å². The van der Waals surface area contributed by atoms with E-state index in [-0.39, 0.29) is 6.04 Å². The number of nitrogens with zero attached hydrogens (tertiary/aromatic N) is 1. The second-order valence-electron chi connectivity index (χ2n) is 4.45. The lowest BCUT2D eigenvalue weighted by atomic mass is 10.0. The summed E-state index contributed by atoms with van der Waals surface area (Å²) < 4.78 is 0.970. The molecule has 0 aliphatic rings. The maximum absolute atomic E-state index is 6.24. The average molecular weight is 374 g/mol. The number of likely N-dealkylation sites (N-methyl/N-ethyl adjacent to an activating group) is 1. The van der Waals surface area contributed by atoms with Gasteiger partial charge in [0, 0.05) is 20.7 Å². The van der Waals surface area contributed by atoms with E-state index in [1.807, 2.05) is 24.3 Å². The molecule has 0 radical (unpaired) electrons. The van der Waals surface area contributed by atoms with Crippen LogP contribution in [0.4, 0.5) is 0 Å². The third-order valence-electron chi connectivity index (χ3n) is 2.99. The van der Waals surface area contributed by atoms with Crippen LogP contribution in [-0.2, 0) is 6.42 Å². The Morgan fingerprint density at radius 3 is 2.70 bits per heavy atom. The first-order valence-corrected chi connectivity index (χ1v) is 7.93. The van der Waals surface area contributed by atoms with Crippen molar-refractivity contribution in [2.75, 3.05) is 6.54 Å². The van der Waals surface area contributed by atoms with Crippen LogP contribution in [0.3, 0.4) is 0 Å². The summed E-state index contributed by atoms with van der Waals surface area (Å²) in [6, 6.07) is 9.66. The Balaban J connectivity index is 2.25. The third kappa shape index (κ3) is 4.19. The highest BCUT2D eigenvalue weighted by molar-refractivity contribution is 9.10. The Morgan fingerprint density at radius 2 is 2.05 bits per heavy atom. The van der Waals surface area contributed by atoms with Crippen LogP contribution in [0.1, 0.15) is 24.2 Å². The fourth-order valence-corrected chi connectivity index (χ4v) is 2.66. The van der Waals surface area contributed by atoms with Crippen LogP contribution >= 0.6 is 39.1 Å². The van der Waals surface area contributed by atoms with Crippen molar-refractivity contribution in [2.24, 2.45) is 0 Å². The van der Waals surface area contributed by atoms with Gasteiger partial charge in [-0.2, -0.15) is 0 Å². The van der Waals surface area contributed by atoms with Gasteiger partial charge in [-0.15, -0.1) is 0 Å². The Morgan fingerprint density at radius 1 is 1.25 bits per heavy atom. The molecule has 1 N–H and O–H groups in total. The van der Waals surface area contributed by atoms with Gasteiger partial charge in [0.25, 0.3) is 0 Å². The first-order chi connectivity index (χ1) is 9.60. The van der Waals surface area contributed by atoms with Gasteiger partial charge in [0.05, 0.1) is 11.7 Å². The second-order valence-corrected chi connectivity index (χ2v) is 6.21. The quantitative estimate of drug-likeness (QED) is 0.793. The van der Waals surface area contributed by atoms with Crippen molar-refractivity contribution < 1.29 is 0 Å². The number of benzene rings is 1. The average Bonchev–Trinajstić information content (AvgIpc) is 2.43. The summed E-state index contributed by atoms with van der Waals surface area (Å²) >= 11 is 15.7. The molecule has 1 aromatic carbocycles. The molecule has 0 saturated carbocycles. The number of pyridine rings is 1. The third-order valence-corrected chi connectivity index (χ3v) is 4.06. The Hall–Kier alpha value is -0.610. The fourth-order valence-electron chi connectivity index (χ4n) is 2.04. The van der Waals surface area contributed by atoms with Crippen molar-refractivity contribution >= 4 is 39.1 Å². The van der Waals surface area contributed by atoms with Crippen molar-refractivity contribution in [3.63, 3.8) is 0 Å². The van der Waals surface area contributed by atoms with Gasteiger partial charge in [0.15, 0.2) is 0 Å². The van der Waals surface area contributed by atoms with Crippen LogP contribution in [0.5, 0.6) is 0 Å². The van der Waals surface area contributed by atoms with Gasteiger partial charge < -0.3 is 5.32 Å². The van der Waals surface area contributed by atoms with Gasteiger partial charge in [-0.3, -0.25) is 4.98 Å². The Bertz CT molecular complexity index is 573. The lowest BCUT2D eigenvalue weighted by molar-refractivity contribution is 0.536. The molecular formula is C15H15BrCl2N2. The van der Waals surface area contributed by atoms with Crippen molar-refractivity contribution in [2.45, 2.75) is 19.4 Å². The van der Waals surface area contributed by atoms with Crippen LogP contribution < -0.4 is 5.32 Å². The molecule has 0 amide bonds. The Labute approximate surface area is 137 Å². The zero-order valence-corrected chi connectivity index (χ0v) is 14.1. The van der Waals surface area contributed by atoms with Gasteiger partial charge in [0.1, 0.15) is 0 Å². The molecular weight excluding hydrogens is 359 g/mol. The maximum atomic E-state index is 6.24. The van der Waals surface area contributed by atoms with Crippen molar-refractivity contribution in [3.05, 3.63) is 62.3 Å². The van der Waals surface area contributed by atoms with E-state index in [0.717, 1.165) is 33.7 Å². The predicted octanol–water partition coefficient (Wildman–Crippen LogP) is 5.04. The van der Waals surface area contributed by atoms with E-state index in [1.165, 1.54) is 0 Å². The van der Waals surface area contributed by atoms with E-state index in [9.17, 15) is 0 Å². The molecule has 20 heavy (non-hydrogen) atoms.